The van der Waals surface area contributed by atoms with Gasteiger partial charge in [-0.2, -0.15) is 0 Å². The fraction of sp³-hybridized carbons (Fsp3) is 0.462. The summed E-state index contributed by atoms with van der Waals surface area (Å²) in [4.78, 5) is 25.5. The van der Waals surface area contributed by atoms with Gasteiger partial charge < -0.3 is 20.1 Å². The number of aryl methyl sites for hydroxylation is 1. The molecule has 2 aromatic carbocycles. The SMILES string of the molecule is COc1ccc2c(c1)C[C@@H](NC(=O)[C@H](CC(C)C)NC(=O)OCc1ccccc1)CCC2. The Bertz CT molecular complexity index is 898. The maximum atomic E-state index is 13.1. The predicted molar refractivity (Wildman–Crippen MR) is 125 cm³/mol. The van der Waals surface area contributed by atoms with Crippen molar-refractivity contribution in [3.8, 4) is 5.75 Å². The van der Waals surface area contributed by atoms with Gasteiger partial charge in [0.2, 0.25) is 5.91 Å². The summed E-state index contributed by atoms with van der Waals surface area (Å²) in [6, 6.07) is 15.0. The van der Waals surface area contributed by atoms with Gasteiger partial charge in [-0.05, 0) is 66.8 Å². The number of rotatable bonds is 8. The number of carbonyl (C=O) groups is 2. The lowest BCUT2D eigenvalue weighted by Gasteiger charge is -2.24. The Labute approximate surface area is 190 Å². The molecule has 172 valence electrons. The van der Waals surface area contributed by atoms with Crippen molar-refractivity contribution in [3.63, 3.8) is 0 Å². The summed E-state index contributed by atoms with van der Waals surface area (Å²) in [5.41, 5.74) is 3.42. The van der Waals surface area contributed by atoms with Crippen LogP contribution in [-0.2, 0) is 29.0 Å². The van der Waals surface area contributed by atoms with Gasteiger partial charge in [-0.15, -0.1) is 0 Å². The smallest absolute Gasteiger partial charge is 0.408 e. The highest BCUT2D eigenvalue weighted by Crippen LogP contribution is 2.25. The van der Waals surface area contributed by atoms with Crippen molar-refractivity contribution in [2.75, 3.05) is 7.11 Å². The Morgan fingerprint density at radius 1 is 1.09 bits per heavy atom. The molecule has 0 radical (unpaired) electrons. The number of benzene rings is 2. The fourth-order valence-corrected chi connectivity index (χ4v) is 4.10. The van der Waals surface area contributed by atoms with Crippen molar-refractivity contribution in [3.05, 3.63) is 65.2 Å². The van der Waals surface area contributed by atoms with E-state index in [1.54, 1.807) is 7.11 Å². The summed E-state index contributed by atoms with van der Waals surface area (Å²) >= 11 is 0. The minimum absolute atomic E-state index is 0.0210. The number of hydrogen-bond donors (Lipinski definition) is 2. The van der Waals surface area contributed by atoms with Crippen LogP contribution in [-0.4, -0.2) is 31.2 Å². The summed E-state index contributed by atoms with van der Waals surface area (Å²) in [6.45, 7) is 4.24. The Hall–Kier alpha value is -3.02. The highest BCUT2D eigenvalue weighted by Gasteiger charge is 2.26. The molecule has 0 heterocycles. The fourth-order valence-electron chi connectivity index (χ4n) is 4.10. The summed E-state index contributed by atoms with van der Waals surface area (Å²) < 4.78 is 10.7. The third-order valence-corrected chi connectivity index (χ3v) is 5.75. The zero-order valence-corrected chi connectivity index (χ0v) is 19.2. The third kappa shape index (κ3) is 7.01. The number of methoxy groups -OCH3 is 1. The van der Waals surface area contributed by atoms with Crippen molar-refractivity contribution >= 4 is 12.0 Å². The van der Waals surface area contributed by atoms with Gasteiger partial charge in [0.25, 0.3) is 0 Å². The molecule has 0 unspecified atom stereocenters. The molecule has 1 aliphatic carbocycles. The average Bonchev–Trinajstić information content (AvgIpc) is 2.98. The average molecular weight is 439 g/mol. The van der Waals surface area contributed by atoms with Gasteiger partial charge in [0, 0.05) is 6.04 Å². The van der Waals surface area contributed by atoms with Gasteiger partial charge in [-0.3, -0.25) is 4.79 Å². The van der Waals surface area contributed by atoms with E-state index in [0.29, 0.717) is 6.42 Å². The molecule has 0 aromatic heterocycles. The minimum atomic E-state index is -0.633. The van der Waals surface area contributed by atoms with E-state index in [2.05, 4.69) is 22.8 Å². The van der Waals surface area contributed by atoms with E-state index in [1.807, 2.05) is 50.2 Å². The van der Waals surface area contributed by atoms with Crippen molar-refractivity contribution in [2.45, 2.75) is 64.6 Å². The zero-order chi connectivity index (χ0) is 22.9. The molecule has 2 aromatic rings. The third-order valence-electron chi connectivity index (χ3n) is 5.75. The molecule has 0 fully saturated rings. The van der Waals surface area contributed by atoms with Crippen LogP contribution in [0.3, 0.4) is 0 Å². The topological polar surface area (TPSA) is 76.7 Å². The summed E-state index contributed by atoms with van der Waals surface area (Å²) in [7, 11) is 1.66. The molecular weight excluding hydrogens is 404 g/mol. The van der Waals surface area contributed by atoms with Crippen molar-refractivity contribution in [1.29, 1.82) is 0 Å². The molecule has 2 amide bonds. The molecule has 2 atom stereocenters. The Kier molecular flexibility index (Phi) is 8.54. The molecule has 0 saturated heterocycles. The van der Waals surface area contributed by atoms with Crippen LogP contribution in [0.15, 0.2) is 48.5 Å². The van der Waals surface area contributed by atoms with E-state index < -0.39 is 12.1 Å². The second-order valence-electron chi connectivity index (χ2n) is 8.82. The first-order chi connectivity index (χ1) is 15.4. The zero-order valence-electron chi connectivity index (χ0n) is 19.2. The lowest BCUT2D eigenvalue weighted by molar-refractivity contribution is -0.124. The molecule has 6 heteroatoms. The van der Waals surface area contributed by atoms with Crippen molar-refractivity contribution < 1.29 is 19.1 Å². The monoisotopic (exact) mass is 438 g/mol. The van der Waals surface area contributed by atoms with Crippen LogP contribution >= 0.6 is 0 Å². The van der Waals surface area contributed by atoms with Crippen LogP contribution in [0.5, 0.6) is 5.75 Å². The van der Waals surface area contributed by atoms with E-state index in [4.69, 9.17) is 9.47 Å². The predicted octanol–water partition coefficient (Wildman–Crippen LogP) is 4.40. The molecule has 32 heavy (non-hydrogen) atoms. The van der Waals surface area contributed by atoms with E-state index >= 15 is 0 Å². The second-order valence-corrected chi connectivity index (χ2v) is 8.82. The molecule has 0 aliphatic heterocycles. The van der Waals surface area contributed by atoms with Crippen LogP contribution < -0.4 is 15.4 Å². The van der Waals surface area contributed by atoms with E-state index in [-0.39, 0.29) is 24.5 Å². The van der Waals surface area contributed by atoms with E-state index in [1.165, 1.54) is 11.1 Å². The van der Waals surface area contributed by atoms with Crippen molar-refractivity contribution in [2.24, 2.45) is 5.92 Å². The van der Waals surface area contributed by atoms with E-state index in [9.17, 15) is 9.59 Å². The molecule has 2 N–H and O–H groups in total. The number of amides is 2. The largest absolute Gasteiger partial charge is 0.497 e. The number of fused-ring (bicyclic) bond motifs is 1. The van der Waals surface area contributed by atoms with Crippen LogP contribution in [0.1, 0.15) is 49.8 Å². The molecule has 0 spiro atoms. The van der Waals surface area contributed by atoms with Gasteiger partial charge in [0.15, 0.2) is 0 Å². The minimum Gasteiger partial charge on any atom is -0.497 e. The number of alkyl carbamates (subject to hydrolysis) is 1. The quantitative estimate of drug-likeness (QED) is 0.599. The summed E-state index contributed by atoms with van der Waals surface area (Å²) in [5.74, 6) is 0.919. The Morgan fingerprint density at radius 2 is 1.88 bits per heavy atom. The molecule has 3 rings (SSSR count). The normalized spacial score (nSPS) is 16.4. The van der Waals surface area contributed by atoms with Gasteiger partial charge in [-0.25, -0.2) is 4.79 Å². The highest BCUT2D eigenvalue weighted by molar-refractivity contribution is 5.85. The Balaban J connectivity index is 1.60. The standard InChI is InChI=1S/C26H34N2O4/c1-18(2)14-24(28-26(30)32-17-19-8-5-4-6-9-19)25(29)27-22-11-7-10-20-12-13-23(31-3)16-21(20)15-22/h4-6,8-9,12-13,16,18,22,24H,7,10-11,14-15,17H2,1-3H3,(H,27,29)(H,28,30)/t22-,24-/m0/s1. The van der Waals surface area contributed by atoms with E-state index in [0.717, 1.165) is 37.0 Å². The number of ether oxygens (including phenoxy) is 2. The Morgan fingerprint density at radius 3 is 2.59 bits per heavy atom. The maximum Gasteiger partial charge on any atom is 0.408 e. The lowest BCUT2D eigenvalue weighted by Crippen LogP contribution is -2.50. The summed E-state index contributed by atoms with van der Waals surface area (Å²) in [6.07, 6.45) is 3.62. The van der Waals surface area contributed by atoms with Crippen LogP contribution in [0.4, 0.5) is 4.79 Å². The number of nitrogens with one attached hydrogen (secondary N) is 2. The van der Waals surface area contributed by atoms with Gasteiger partial charge in [0.1, 0.15) is 18.4 Å². The molecule has 0 saturated carbocycles. The molecule has 0 bridgehead atoms. The lowest BCUT2D eigenvalue weighted by atomic mass is 10.00. The van der Waals surface area contributed by atoms with Crippen molar-refractivity contribution in [1.82, 2.24) is 10.6 Å². The maximum absolute atomic E-state index is 13.1. The number of hydrogen-bond acceptors (Lipinski definition) is 4. The van der Waals surface area contributed by atoms with Gasteiger partial charge in [-0.1, -0.05) is 50.2 Å². The molecule has 1 aliphatic rings. The first-order valence-electron chi connectivity index (χ1n) is 11.4. The first kappa shape index (κ1) is 23.6. The van der Waals surface area contributed by atoms with Crippen LogP contribution in [0.25, 0.3) is 0 Å². The van der Waals surface area contributed by atoms with Gasteiger partial charge in [0.05, 0.1) is 7.11 Å². The summed E-state index contributed by atoms with van der Waals surface area (Å²) in [5, 5.41) is 5.94. The molecular formula is C26H34N2O4. The van der Waals surface area contributed by atoms with Crippen LogP contribution in [0.2, 0.25) is 0 Å². The molecule has 6 nitrogen and oxygen atoms in total. The second kappa shape index (κ2) is 11.6. The highest BCUT2D eigenvalue weighted by atomic mass is 16.5. The first-order valence-corrected chi connectivity index (χ1v) is 11.4. The number of carbonyl (C=O) groups excluding carboxylic acids is 2. The van der Waals surface area contributed by atoms with Gasteiger partial charge >= 0.3 is 6.09 Å². The van der Waals surface area contributed by atoms with Crippen LogP contribution in [0, 0.1) is 5.92 Å².